The lowest BCUT2D eigenvalue weighted by molar-refractivity contribution is -0.143. The summed E-state index contributed by atoms with van der Waals surface area (Å²) in [7, 11) is 0. The van der Waals surface area contributed by atoms with Gasteiger partial charge in [0, 0.05) is 15.7 Å². The summed E-state index contributed by atoms with van der Waals surface area (Å²) < 4.78 is 1.05. The predicted octanol–water partition coefficient (Wildman–Crippen LogP) is 2.37. The number of aliphatic carboxylic acids is 1. The Hall–Kier alpha value is -1.11. The third-order valence-electron chi connectivity index (χ3n) is 3.14. The molecule has 1 atom stereocenters. The zero-order chi connectivity index (χ0) is 13.1. The number of likely N-dealkylation sites (tertiary alicyclic amines) is 1. The molecule has 1 amide bonds. The predicted molar refractivity (Wildman–Crippen MR) is 75.5 cm³/mol. The van der Waals surface area contributed by atoms with Gasteiger partial charge in [-0.3, -0.25) is 4.79 Å². The van der Waals surface area contributed by atoms with E-state index in [1.54, 1.807) is 12.1 Å². The molecule has 1 N–H and O–H groups in total. The van der Waals surface area contributed by atoms with E-state index < -0.39 is 12.0 Å². The fourth-order valence-corrected chi connectivity index (χ4v) is 2.55. The first-order valence-electron chi connectivity index (χ1n) is 5.89. The number of benzene rings is 1. The number of piperidine rings is 1. The molecule has 0 aliphatic carbocycles. The van der Waals surface area contributed by atoms with E-state index in [9.17, 15) is 9.59 Å². The molecule has 5 heteroatoms. The normalized spacial score (nSPS) is 19.6. The second kappa shape index (κ2) is 5.69. The Kier molecular flexibility index (Phi) is 4.21. The van der Waals surface area contributed by atoms with Gasteiger partial charge in [-0.1, -0.05) is 0 Å². The molecule has 0 aromatic heterocycles. The number of hydrogen-bond acceptors (Lipinski definition) is 2. The number of carbonyl (C=O) groups excluding carboxylic acids is 1. The Balaban J connectivity index is 2.20. The van der Waals surface area contributed by atoms with E-state index in [0.29, 0.717) is 18.5 Å². The van der Waals surface area contributed by atoms with Crippen molar-refractivity contribution in [2.75, 3.05) is 6.54 Å². The van der Waals surface area contributed by atoms with Crippen LogP contribution >= 0.6 is 22.6 Å². The maximum atomic E-state index is 12.3. The maximum absolute atomic E-state index is 12.3. The molecule has 18 heavy (non-hydrogen) atoms. The molecule has 0 saturated carbocycles. The summed E-state index contributed by atoms with van der Waals surface area (Å²) in [6.07, 6.45) is 2.29. The number of nitrogens with zero attached hydrogens (tertiary/aromatic N) is 1. The van der Waals surface area contributed by atoms with Gasteiger partial charge in [-0.05, 0) is 66.1 Å². The average Bonchev–Trinajstić information content (AvgIpc) is 2.39. The number of halogens is 1. The van der Waals surface area contributed by atoms with Crippen molar-refractivity contribution in [3.8, 4) is 0 Å². The topological polar surface area (TPSA) is 57.6 Å². The molecular weight excluding hydrogens is 345 g/mol. The molecule has 1 aromatic rings. The Morgan fingerprint density at radius 2 is 1.89 bits per heavy atom. The van der Waals surface area contributed by atoms with Crippen molar-refractivity contribution in [3.63, 3.8) is 0 Å². The minimum atomic E-state index is -0.909. The maximum Gasteiger partial charge on any atom is 0.326 e. The average molecular weight is 359 g/mol. The van der Waals surface area contributed by atoms with Crippen molar-refractivity contribution < 1.29 is 14.7 Å². The zero-order valence-electron chi connectivity index (χ0n) is 9.80. The third kappa shape index (κ3) is 2.82. The summed E-state index contributed by atoms with van der Waals surface area (Å²) in [6.45, 7) is 0.530. The lowest BCUT2D eigenvalue weighted by Gasteiger charge is -2.33. The van der Waals surface area contributed by atoms with Crippen molar-refractivity contribution in [3.05, 3.63) is 33.4 Å². The highest BCUT2D eigenvalue weighted by atomic mass is 127. The van der Waals surface area contributed by atoms with Crippen molar-refractivity contribution in [1.82, 2.24) is 4.90 Å². The van der Waals surface area contributed by atoms with Crippen molar-refractivity contribution in [2.24, 2.45) is 0 Å². The Morgan fingerprint density at radius 3 is 2.50 bits per heavy atom. The number of amides is 1. The van der Waals surface area contributed by atoms with Crippen LogP contribution in [0.25, 0.3) is 0 Å². The number of carboxylic acid groups (broad SMARTS) is 1. The molecule has 1 fully saturated rings. The Labute approximate surface area is 119 Å². The molecule has 0 radical (unpaired) electrons. The highest BCUT2D eigenvalue weighted by molar-refractivity contribution is 14.1. The quantitative estimate of drug-likeness (QED) is 0.825. The Bertz CT molecular complexity index is 458. The smallest absolute Gasteiger partial charge is 0.326 e. The van der Waals surface area contributed by atoms with Gasteiger partial charge >= 0.3 is 5.97 Å². The molecule has 0 bridgehead atoms. The van der Waals surface area contributed by atoms with Crippen LogP contribution < -0.4 is 0 Å². The fraction of sp³-hybridized carbons (Fsp3) is 0.385. The van der Waals surface area contributed by atoms with Crippen LogP contribution in [0.2, 0.25) is 0 Å². The second-order valence-corrected chi connectivity index (χ2v) is 5.60. The number of carboxylic acids is 1. The summed E-state index contributed by atoms with van der Waals surface area (Å²) in [5, 5.41) is 9.15. The van der Waals surface area contributed by atoms with Crippen LogP contribution in [0, 0.1) is 3.57 Å². The van der Waals surface area contributed by atoms with Gasteiger partial charge in [0.1, 0.15) is 6.04 Å². The van der Waals surface area contributed by atoms with Crippen molar-refractivity contribution in [2.45, 2.75) is 25.3 Å². The van der Waals surface area contributed by atoms with E-state index in [-0.39, 0.29) is 5.91 Å². The molecule has 96 valence electrons. The van der Waals surface area contributed by atoms with Gasteiger partial charge in [-0.15, -0.1) is 0 Å². The van der Waals surface area contributed by atoms with E-state index in [4.69, 9.17) is 5.11 Å². The standard InChI is InChI=1S/C13H14INO3/c14-10-6-4-9(5-7-10)12(16)15-8-2-1-3-11(15)13(17)18/h4-7,11H,1-3,8H2,(H,17,18)/t11-/m1/s1. The summed E-state index contributed by atoms with van der Waals surface area (Å²) in [5.41, 5.74) is 0.559. The minimum absolute atomic E-state index is 0.182. The van der Waals surface area contributed by atoms with Gasteiger partial charge in [0.15, 0.2) is 0 Å². The van der Waals surface area contributed by atoms with E-state index in [0.717, 1.165) is 16.4 Å². The Morgan fingerprint density at radius 1 is 1.22 bits per heavy atom. The van der Waals surface area contributed by atoms with E-state index in [1.807, 2.05) is 12.1 Å². The fourth-order valence-electron chi connectivity index (χ4n) is 2.19. The largest absolute Gasteiger partial charge is 0.480 e. The molecule has 1 aliphatic heterocycles. The highest BCUT2D eigenvalue weighted by Crippen LogP contribution is 2.20. The summed E-state index contributed by atoms with van der Waals surface area (Å²) in [5.74, 6) is -1.09. The molecule has 1 saturated heterocycles. The summed E-state index contributed by atoms with van der Waals surface area (Å²) in [6, 6.07) is 6.53. The first kappa shape index (κ1) is 13.3. The molecular formula is C13H14INO3. The van der Waals surface area contributed by atoms with Gasteiger partial charge in [0.2, 0.25) is 0 Å². The van der Waals surface area contributed by atoms with Gasteiger partial charge in [0.05, 0.1) is 0 Å². The minimum Gasteiger partial charge on any atom is -0.480 e. The molecule has 1 aromatic carbocycles. The highest BCUT2D eigenvalue weighted by Gasteiger charge is 2.32. The monoisotopic (exact) mass is 359 g/mol. The van der Waals surface area contributed by atoms with Gasteiger partial charge in [-0.2, -0.15) is 0 Å². The molecule has 0 unspecified atom stereocenters. The van der Waals surface area contributed by atoms with Crippen LogP contribution in [0.4, 0.5) is 0 Å². The van der Waals surface area contributed by atoms with Crippen LogP contribution in [0.15, 0.2) is 24.3 Å². The van der Waals surface area contributed by atoms with Gasteiger partial charge in [0.25, 0.3) is 5.91 Å². The van der Waals surface area contributed by atoms with Crippen LogP contribution in [0.1, 0.15) is 29.6 Å². The second-order valence-electron chi connectivity index (χ2n) is 4.36. The van der Waals surface area contributed by atoms with Gasteiger partial charge < -0.3 is 10.0 Å². The molecule has 1 heterocycles. The zero-order valence-corrected chi connectivity index (χ0v) is 12.0. The van der Waals surface area contributed by atoms with Crippen molar-refractivity contribution >= 4 is 34.5 Å². The van der Waals surface area contributed by atoms with E-state index in [1.165, 1.54) is 4.90 Å². The summed E-state index contributed by atoms with van der Waals surface area (Å²) >= 11 is 2.17. The SMILES string of the molecule is O=C(O)[C@H]1CCCCN1C(=O)c1ccc(I)cc1. The van der Waals surface area contributed by atoms with Crippen LogP contribution in [-0.4, -0.2) is 34.5 Å². The molecule has 4 nitrogen and oxygen atoms in total. The third-order valence-corrected chi connectivity index (χ3v) is 3.86. The first-order valence-corrected chi connectivity index (χ1v) is 6.97. The van der Waals surface area contributed by atoms with Crippen LogP contribution in [0.5, 0.6) is 0 Å². The molecule has 1 aliphatic rings. The first-order chi connectivity index (χ1) is 8.59. The summed E-state index contributed by atoms with van der Waals surface area (Å²) in [4.78, 5) is 24.9. The van der Waals surface area contributed by atoms with Crippen LogP contribution in [0.3, 0.4) is 0 Å². The van der Waals surface area contributed by atoms with Gasteiger partial charge in [-0.25, -0.2) is 4.79 Å². The van der Waals surface area contributed by atoms with Crippen LogP contribution in [-0.2, 0) is 4.79 Å². The number of carbonyl (C=O) groups is 2. The number of hydrogen-bond donors (Lipinski definition) is 1. The lowest BCUT2D eigenvalue weighted by Crippen LogP contribution is -2.47. The van der Waals surface area contributed by atoms with E-state index in [2.05, 4.69) is 22.6 Å². The lowest BCUT2D eigenvalue weighted by atomic mass is 10.0. The molecule has 0 spiro atoms. The van der Waals surface area contributed by atoms with E-state index >= 15 is 0 Å². The number of rotatable bonds is 2. The van der Waals surface area contributed by atoms with Crippen molar-refractivity contribution in [1.29, 1.82) is 0 Å². The molecule has 2 rings (SSSR count).